The van der Waals surface area contributed by atoms with E-state index < -0.39 is 5.50 Å². The van der Waals surface area contributed by atoms with Gasteiger partial charge in [-0.25, -0.2) is 0 Å². The van der Waals surface area contributed by atoms with Crippen molar-refractivity contribution in [3.63, 3.8) is 0 Å². The van der Waals surface area contributed by atoms with Gasteiger partial charge in [0.25, 0.3) is 0 Å². The number of benzene rings is 1. The van der Waals surface area contributed by atoms with Gasteiger partial charge >= 0.3 is 0 Å². The standard InChI is InChI=1S/C9H12ClNO/c1-6-3-4-8(12-2)7(5-6)9(10)11/h3-5,9H,11H2,1-2H3. The molecule has 0 radical (unpaired) electrons. The molecular formula is C9H12ClNO. The van der Waals surface area contributed by atoms with E-state index in [0.717, 1.165) is 16.9 Å². The van der Waals surface area contributed by atoms with Crippen LogP contribution < -0.4 is 10.5 Å². The maximum absolute atomic E-state index is 5.76. The van der Waals surface area contributed by atoms with Crippen molar-refractivity contribution in [3.8, 4) is 5.75 Å². The highest BCUT2D eigenvalue weighted by atomic mass is 35.5. The number of nitrogens with two attached hydrogens (primary N) is 1. The largest absolute Gasteiger partial charge is 0.496 e. The second kappa shape index (κ2) is 3.78. The van der Waals surface area contributed by atoms with Crippen LogP contribution >= 0.6 is 11.6 Å². The Hall–Kier alpha value is -0.730. The lowest BCUT2D eigenvalue weighted by atomic mass is 10.1. The predicted molar refractivity (Wildman–Crippen MR) is 50.5 cm³/mol. The number of alkyl halides is 1. The quantitative estimate of drug-likeness (QED) is 0.567. The number of halogens is 1. The monoisotopic (exact) mass is 185 g/mol. The van der Waals surface area contributed by atoms with E-state index in [9.17, 15) is 0 Å². The van der Waals surface area contributed by atoms with Crippen molar-refractivity contribution in [2.24, 2.45) is 5.73 Å². The second-order valence-electron chi connectivity index (χ2n) is 2.65. The van der Waals surface area contributed by atoms with Crippen LogP contribution in [0.1, 0.15) is 16.6 Å². The highest BCUT2D eigenvalue weighted by Gasteiger charge is 2.08. The molecular weight excluding hydrogens is 174 g/mol. The summed E-state index contributed by atoms with van der Waals surface area (Å²) in [5.74, 6) is 0.739. The van der Waals surface area contributed by atoms with Crippen LogP contribution in [0.3, 0.4) is 0 Å². The minimum Gasteiger partial charge on any atom is -0.496 e. The van der Waals surface area contributed by atoms with Gasteiger partial charge < -0.3 is 10.5 Å². The Morgan fingerprint density at radius 1 is 1.50 bits per heavy atom. The van der Waals surface area contributed by atoms with Crippen molar-refractivity contribution < 1.29 is 4.74 Å². The Morgan fingerprint density at radius 3 is 2.67 bits per heavy atom. The number of hydrogen-bond donors (Lipinski definition) is 1. The molecule has 0 saturated heterocycles. The van der Waals surface area contributed by atoms with E-state index in [-0.39, 0.29) is 0 Å². The van der Waals surface area contributed by atoms with Gasteiger partial charge in [-0.15, -0.1) is 11.6 Å². The first-order valence-electron chi connectivity index (χ1n) is 3.69. The molecule has 1 unspecified atom stereocenters. The van der Waals surface area contributed by atoms with E-state index in [2.05, 4.69) is 0 Å². The van der Waals surface area contributed by atoms with Gasteiger partial charge in [0.2, 0.25) is 0 Å². The van der Waals surface area contributed by atoms with Gasteiger partial charge in [0.15, 0.2) is 0 Å². The summed E-state index contributed by atoms with van der Waals surface area (Å²) >= 11 is 5.76. The highest BCUT2D eigenvalue weighted by molar-refractivity contribution is 6.20. The molecule has 2 nitrogen and oxygen atoms in total. The minimum atomic E-state index is -0.500. The Morgan fingerprint density at radius 2 is 2.17 bits per heavy atom. The molecule has 0 heterocycles. The molecule has 1 aromatic rings. The van der Waals surface area contributed by atoms with Crippen molar-refractivity contribution in [1.82, 2.24) is 0 Å². The molecule has 0 amide bonds. The SMILES string of the molecule is COc1ccc(C)cc1C(N)Cl. The van der Waals surface area contributed by atoms with Crippen molar-refractivity contribution in [1.29, 1.82) is 0 Å². The van der Waals surface area contributed by atoms with Crippen LogP contribution in [0.5, 0.6) is 5.75 Å². The summed E-state index contributed by atoms with van der Waals surface area (Å²) in [6, 6.07) is 5.75. The molecule has 0 fully saturated rings. The molecule has 1 atom stereocenters. The topological polar surface area (TPSA) is 35.2 Å². The van der Waals surface area contributed by atoms with Crippen LogP contribution in [0.2, 0.25) is 0 Å². The van der Waals surface area contributed by atoms with Gasteiger partial charge in [-0.2, -0.15) is 0 Å². The van der Waals surface area contributed by atoms with Crippen LogP contribution in [0, 0.1) is 6.92 Å². The fourth-order valence-corrected chi connectivity index (χ4v) is 1.24. The van der Waals surface area contributed by atoms with Gasteiger partial charge in [-0.3, -0.25) is 0 Å². The summed E-state index contributed by atoms with van der Waals surface area (Å²) in [4.78, 5) is 0. The average molecular weight is 186 g/mol. The first-order valence-corrected chi connectivity index (χ1v) is 4.13. The number of hydrogen-bond acceptors (Lipinski definition) is 2. The van der Waals surface area contributed by atoms with E-state index >= 15 is 0 Å². The molecule has 0 aliphatic heterocycles. The lowest BCUT2D eigenvalue weighted by Gasteiger charge is -2.10. The molecule has 0 saturated carbocycles. The molecule has 0 bridgehead atoms. The van der Waals surface area contributed by atoms with Crippen LogP contribution in [0.15, 0.2) is 18.2 Å². The van der Waals surface area contributed by atoms with E-state index in [0.29, 0.717) is 0 Å². The molecule has 66 valence electrons. The van der Waals surface area contributed by atoms with E-state index in [1.54, 1.807) is 7.11 Å². The van der Waals surface area contributed by atoms with Gasteiger partial charge in [0.05, 0.1) is 7.11 Å². The van der Waals surface area contributed by atoms with Crippen molar-refractivity contribution in [3.05, 3.63) is 29.3 Å². The fourth-order valence-electron chi connectivity index (χ4n) is 1.07. The average Bonchev–Trinajstić information content (AvgIpc) is 2.04. The molecule has 1 aromatic carbocycles. The first-order chi connectivity index (χ1) is 5.65. The summed E-state index contributed by atoms with van der Waals surface area (Å²) < 4.78 is 5.10. The Labute approximate surface area is 77.3 Å². The summed E-state index contributed by atoms with van der Waals surface area (Å²) in [7, 11) is 1.60. The number of rotatable bonds is 2. The summed E-state index contributed by atoms with van der Waals surface area (Å²) in [6.45, 7) is 1.99. The molecule has 3 heteroatoms. The van der Waals surface area contributed by atoms with Crippen LogP contribution in [-0.4, -0.2) is 7.11 Å². The van der Waals surface area contributed by atoms with Gasteiger partial charge in [-0.1, -0.05) is 11.6 Å². The van der Waals surface area contributed by atoms with Crippen molar-refractivity contribution in [2.75, 3.05) is 7.11 Å². The van der Waals surface area contributed by atoms with Crippen LogP contribution in [0.4, 0.5) is 0 Å². The van der Waals surface area contributed by atoms with Gasteiger partial charge in [0, 0.05) is 5.56 Å². The molecule has 0 spiro atoms. The smallest absolute Gasteiger partial charge is 0.124 e. The van der Waals surface area contributed by atoms with Gasteiger partial charge in [0.1, 0.15) is 11.3 Å². The lowest BCUT2D eigenvalue weighted by molar-refractivity contribution is 0.409. The molecule has 2 N–H and O–H groups in total. The zero-order valence-corrected chi connectivity index (χ0v) is 7.93. The molecule has 0 aliphatic rings. The molecule has 1 rings (SSSR count). The predicted octanol–water partition coefficient (Wildman–Crippen LogP) is 2.20. The first kappa shape index (κ1) is 9.36. The molecule has 12 heavy (non-hydrogen) atoms. The van der Waals surface area contributed by atoms with Crippen LogP contribution in [0.25, 0.3) is 0 Å². The summed E-state index contributed by atoms with van der Waals surface area (Å²) in [5, 5.41) is 0. The summed E-state index contributed by atoms with van der Waals surface area (Å²) in [6.07, 6.45) is 0. The van der Waals surface area contributed by atoms with Gasteiger partial charge in [-0.05, 0) is 19.1 Å². The normalized spacial score (nSPS) is 12.7. The molecule has 0 aromatic heterocycles. The third kappa shape index (κ3) is 1.90. The highest BCUT2D eigenvalue weighted by Crippen LogP contribution is 2.26. The Kier molecular flexibility index (Phi) is 2.95. The third-order valence-electron chi connectivity index (χ3n) is 1.68. The number of methoxy groups -OCH3 is 1. The zero-order valence-electron chi connectivity index (χ0n) is 7.17. The van der Waals surface area contributed by atoms with E-state index in [1.165, 1.54) is 0 Å². The van der Waals surface area contributed by atoms with E-state index in [4.69, 9.17) is 22.1 Å². The van der Waals surface area contributed by atoms with Crippen molar-refractivity contribution in [2.45, 2.75) is 12.4 Å². The van der Waals surface area contributed by atoms with E-state index in [1.807, 2.05) is 25.1 Å². The molecule has 0 aliphatic carbocycles. The van der Waals surface area contributed by atoms with Crippen LogP contribution in [-0.2, 0) is 0 Å². The number of aryl methyl sites for hydroxylation is 1. The number of ether oxygens (including phenoxy) is 1. The second-order valence-corrected chi connectivity index (χ2v) is 3.12. The third-order valence-corrected chi connectivity index (χ3v) is 1.92. The minimum absolute atomic E-state index is 0.500. The lowest BCUT2D eigenvalue weighted by Crippen LogP contribution is -2.04. The maximum Gasteiger partial charge on any atom is 0.124 e. The Bertz CT molecular complexity index is 273. The summed E-state index contributed by atoms with van der Waals surface area (Å²) in [5.41, 5.74) is 7.00. The maximum atomic E-state index is 5.76. The van der Waals surface area contributed by atoms with Crippen molar-refractivity contribution >= 4 is 11.6 Å². The zero-order chi connectivity index (χ0) is 9.14. The fraction of sp³-hybridized carbons (Fsp3) is 0.333. The Balaban J connectivity index is 3.12.